The van der Waals surface area contributed by atoms with E-state index in [1.54, 1.807) is 6.92 Å². The van der Waals surface area contributed by atoms with Gasteiger partial charge in [-0.3, -0.25) is 0 Å². The topological polar surface area (TPSA) is 9.23 Å². The van der Waals surface area contributed by atoms with Gasteiger partial charge in [0.25, 0.3) is 5.66 Å². The van der Waals surface area contributed by atoms with Gasteiger partial charge in [-0.1, -0.05) is 31.1 Å². The average Bonchev–Trinajstić information content (AvgIpc) is 2.19. The van der Waals surface area contributed by atoms with Crippen molar-refractivity contribution < 1.29 is 13.3 Å². The average molecular weight is 256 g/mol. The molecule has 0 radical (unpaired) electrons. The SMILES string of the molecule is CCOP(C)(=S)C(F)(F)C1CCCCC1. The van der Waals surface area contributed by atoms with Gasteiger partial charge in [0.1, 0.15) is 6.26 Å². The maximum atomic E-state index is 14.1. The smallest absolute Gasteiger partial charge is 0.298 e. The first-order valence-electron chi connectivity index (χ1n) is 5.51. The largest absolute Gasteiger partial charge is 0.345 e. The predicted molar refractivity (Wildman–Crippen MR) is 63.4 cm³/mol. The minimum atomic E-state index is -2.96. The van der Waals surface area contributed by atoms with Crippen molar-refractivity contribution in [2.75, 3.05) is 13.3 Å². The van der Waals surface area contributed by atoms with Crippen LogP contribution in [0, 0.1) is 5.92 Å². The molecule has 0 aromatic carbocycles. The first-order chi connectivity index (χ1) is 6.92. The molecule has 90 valence electrons. The molecule has 0 aromatic rings. The van der Waals surface area contributed by atoms with Crippen LogP contribution in [0.3, 0.4) is 0 Å². The summed E-state index contributed by atoms with van der Waals surface area (Å²) in [6.45, 7) is 3.44. The van der Waals surface area contributed by atoms with E-state index in [0.717, 1.165) is 19.3 Å². The summed E-state index contributed by atoms with van der Waals surface area (Å²) in [5, 5.41) is 0. The highest BCUT2D eigenvalue weighted by Crippen LogP contribution is 2.63. The number of hydrogen-bond acceptors (Lipinski definition) is 2. The lowest BCUT2D eigenvalue weighted by Gasteiger charge is -2.35. The van der Waals surface area contributed by atoms with Gasteiger partial charge in [-0.15, -0.1) is 0 Å². The molecule has 1 fully saturated rings. The molecule has 0 bridgehead atoms. The summed E-state index contributed by atoms with van der Waals surface area (Å²) in [5.74, 6) is -0.548. The number of rotatable bonds is 4. The van der Waals surface area contributed by atoms with Gasteiger partial charge in [0.05, 0.1) is 0 Å². The van der Waals surface area contributed by atoms with Gasteiger partial charge < -0.3 is 4.52 Å². The minimum Gasteiger partial charge on any atom is -0.345 e. The summed E-state index contributed by atoms with van der Waals surface area (Å²) in [4.78, 5) is 0. The molecular formula is C10H19F2OPS. The summed E-state index contributed by atoms with van der Waals surface area (Å²) < 4.78 is 33.3. The van der Waals surface area contributed by atoms with E-state index in [2.05, 4.69) is 0 Å². The molecule has 1 unspecified atom stereocenters. The van der Waals surface area contributed by atoms with Gasteiger partial charge >= 0.3 is 0 Å². The van der Waals surface area contributed by atoms with E-state index in [1.807, 2.05) is 0 Å². The first kappa shape index (κ1) is 13.5. The predicted octanol–water partition coefficient (Wildman–Crippen LogP) is 4.22. The first-order valence-corrected chi connectivity index (χ1v) is 8.68. The van der Waals surface area contributed by atoms with Crippen LogP contribution in [0.1, 0.15) is 39.0 Å². The monoisotopic (exact) mass is 256 g/mol. The molecule has 0 aromatic heterocycles. The highest BCUT2D eigenvalue weighted by atomic mass is 32.4. The molecule has 0 saturated heterocycles. The molecule has 0 N–H and O–H groups in total. The summed E-state index contributed by atoms with van der Waals surface area (Å²) in [6.07, 6.45) is 1.13. The normalized spacial score (nSPS) is 23.7. The Hall–Kier alpha value is 0.470. The lowest BCUT2D eigenvalue weighted by molar-refractivity contribution is 0.00255. The van der Waals surface area contributed by atoms with Gasteiger partial charge in [0, 0.05) is 12.5 Å². The maximum Gasteiger partial charge on any atom is 0.298 e. The van der Waals surface area contributed by atoms with E-state index in [9.17, 15) is 8.78 Å². The fourth-order valence-electron chi connectivity index (χ4n) is 2.11. The summed E-state index contributed by atoms with van der Waals surface area (Å²) in [6, 6.07) is 0. The third-order valence-electron chi connectivity index (χ3n) is 3.01. The number of hydrogen-bond donors (Lipinski definition) is 0. The zero-order valence-corrected chi connectivity index (χ0v) is 11.1. The Morgan fingerprint density at radius 1 is 1.33 bits per heavy atom. The van der Waals surface area contributed by atoms with Crippen LogP contribution in [-0.2, 0) is 16.3 Å². The summed E-state index contributed by atoms with van der Waals surface area (Å²) in [7, 11) is 0. The van der Waals surface area contributed by atoms with E-state index in [0.29, 0.717) is 12.8 Å². The second-order valence-corrected chi connectivity index (χ2v) is 8.82. The van der Waals surface area contributed by atoms with Crippen molar-refractivity contribution in [1.82, 2.24) is 0 Å². The molecule has 1 rings (SSSR count). The fourth-order valence-corrected chi connectivity index (χ4v) is 4.46. The molecule has 5 heteroatoms. The molecule has 1 saturated carbocycles. The second-order valence-electron chi connectivity index (χ2n) is 4.19. The molecule has 1 aliphatic carbocycles. The van der Waals surface area contributed by atoms with Crippen molar-refractivity contribution in [2.24, 2.45) is 5.92 Å². The van der Waals surface area contributed by atoms with Gasteiger partial charge in [-0.2, -0.15) is 8.78 Å². The number of alkyl halides is 2. The molecule has 0 heterocycles. The quantitative estimate of drug-likeness (QED) is 0.696. The Labute approximate surface area is 95.7 Å². The van der Waals surface area contributed by atoms with Crippen molar-refractivity contribution in [3.63, 3.8) is 0 Å². The Morgan fingerprint density at radius 2 is 1.87 bits per heavy atom. The lowest BCUT2D eigenvalue weighted by atomic mass is 9.89. The standard InChI is InChI=1S/C10H19F2OPS/c1-3-13-14(2,15)10(11,12)9-7-5-4-6-8-9/h9H,3-8H2,1-2H3. The van der Waals surface area contributed by atoms with E-state index < -0.39 is 17.8 Å². The van der Waals surface area contributed by atoms with E-state index in [-0.39, 0.29) is 6.61 Å². The van der Waals surface area contributed by atoms with Crippen LogP contribution in [-0.4, -0.2) is 18.9 Å². The molecule has 0 aliphatic heterocycles. The van der Waals surface area contributed by atoms with Crippen LogP contribution < -0.4 is 0 Å². The Balaban J connectivity index is 2.74. The highest BCUT2D eigenvalue weighted by Gasteiger charge is 2.49. The van der Waals surface area contributed by atoms with Crippen LogP contribution in [0.15, 0.2) is 0 Å². The van der Waals surface area contributed by atoms with Crippen LogP contribution >= 0.6 is 6.26 Å². The third kappa shape index (κ3) is 2.98. The van der Waals surface area contributed by atoms with Crippen molar-refractivity contribution in [3.05, 3.63) is 0 Å². The molecule has 1 nitrogen and oxygen atoms in total. The zero-order valence-electron chi connectivity index (χ0n) is 9.34. The Kier molecular flexibility index (Phi) is 4.69. The lowest BCUT2D eigenvalue weighted by Crippen LogP contribution is -2.30. The van der Waals surface area contributed by atoms with E-state index in [4.69, 9.17) is 16.3 Å². The second kappa shape index (κ2) is 5.20. The minimum absolute atomic E-state index is 0.288. The number of halogens is 2. The van der Waals surface area contributed by atoms with Crippen LogP contribution in [0.4, 0.5) is 8.78 Å². The van der Waals surface area contributed by atoms with Gasteiger partial charge in [-0.05, 0) is 26.4 Å². The zero-order chi connectivity index (χ0) is 11.5. The Morgan fingerprint density at radius 3 is 2.33 bits per heavy atom. The molecule has 0 amide bonds. The van der Waals surface area contributed by atoms with Crippen molar-refractivity contribution in [3.8, 4) is 0 Å². The van der Waals surface area contributed by atoms with Crippen molar-refractivity contribution in [1.29, 1.82) is 0 Å². The van der Waals surface area contributed by atoms with Crippen molar-refractivity contribution in [2.45, 2.75) is 44.7 Å². The maximum absolute atomic E-state index is 14.1. The molecule has 1 aliphatic rings. The Bertz CT molecular complexity index is 252. The van der Waals surface area contributed by atoms with Gasteiger partial charge in [0.2, 0.25) is 0 Å². The third-order valence-corrected chi connectivity index (χ3v) is 6.26. The van der Waals surface area contributed by atoms with E-state index >= 15 is 0 Å². The summed E-state index contributed by atoms with van der Waals surface area (Å²) in [5.41, 5.74) is -2.78. The molecule has 15 heavy (non-hydrogen) atoms. The van der Waals surface area contributed by atoms with Crippen molar-refractivity contribution >= 4 is 18.1 Å². The van der Waals surface area contributed by atoms with Crippen LogP contribution in [0.2, 0.25) is 0 Å². The fraction of sp³-hybridized carbons (Fsp3) is 1.00. The molecule has 1 atom stereocenters. The molecular weight excluding hydrogens is 237 g/mol. The molecule has 0 spiro atoms. The van der Waals surface area contributed by atoms with Crippen LogP contribution in [0.5, 0.6) is 0 Å². The summed E-state index contributed by atoms with van der Waals surface area (Å²) >= 11 is 5.00. The van der Waals surface area contributed by atoms with Gasteiger partial charge in [-0.25, -0.2) is 0 Å². The highest BCUT2D eigenvalue weighted by molar-refractivity contribution is 8.12. The van der Waals surface area contributed by atoms with E-state index in [1.165, 1.54) is 6.66 Å². The van der Waals surface area contributed by atoms with Gasteiger partial charge in [0.15, 0.2) is 0 Å². The van der Waals surface area contributed by atoms with Crippen LogP contribution in [0.25, 0.3) is 0 Å².